The number of benzene rings is 1. The van der Waals surface area contributed by atoms with E-state index < -0.39 is 20.3 Å². The molecule has 0 unspecified atom stereocenters. The van der Waals surface area contributed by atoms with Crippen molar-refractivity contribution in [3.05, 3.63) is 17.2 Å². The number of sulfone groups is 1. The number of phenols is 1. The van der Waals surface area contributed by atoms with Crippen molar-refractivity contribution in [3.63, 3.8) is 0 Å². The minimum atomic E-state index is -3.88. The normalized spacial score (nSPS) is 12.6. The van der Waals surface area contributed by atoms with Gasteiger partial charge in [0.1, 0.15) is 4.90 Å². The smallest absolute Gasteiger partial charge is 0.191 e. The summed E-state index contributed by atoms with van der Waals surface area (Å²) in [4.78, 5) is -0.348. The van der Waals surface area contributed by atoms with E-state index in [0.29, 0.717) is 6.61 Å². The fraction of sp³-hybridized carbons (Fsp3) is 0.500. The standard InChI is InChI=1S/C12H18ClNO4S/c1-4-18-7-12(2,3)19(16,17)11-8(13)5-6-9(14)10(11)15/h5-6,15H,4,7,14H2,1-3H3. The maximum absolute atomic E-state index is 12.6. The highest BCUT2D eigenvalue weighted by atomic mass is 35.5. The van der Waals surface area contributed by atoms with Gasteiger partial charge < -0.3 is 15.6 Å². The van der Waals surface area contributed by atoms with Crippen LogP contribution in [-0.2, 0) is 14.6 Å². The van der Waals surface area contributed by atoms with Crippen LogP contribution < -0.4 is 5.73 Å². The Bertz CT molecular complexity index is 569. The number of halogens is 1. The van der Waals surface area contributed by atoms with Crippen LogP contribution in [0.25, 0.3) is 0 Å². The fourth-order valence-electron chi connectivity index (χ4n) is 1.52. The Morgan fingerprint density at radius 2 is 2.00 bits per heavy atom. The van der Waals surface area contributed by atoms with Gasteiger partial charge in [-0.25, -0.2) is 8.42 Å². The van der Waals surface area contributed by atoms with Gasteiger partial charge in [0, 0.05) is 6.61 Å². The second-order valence-corrected chi connectivity index (χ2v) is 7.64. The minimum Gasteiger partial charge on any atom is -0.504 e. The molecule has 108 valence electrons. The molecule has 0 aliphatic heterocycles. The average Bonchev–Trinajstić information content (AvgIpc) is 2.31. The van der Waals surface area contributed by atoms with Gasteiger partial charge >= 0.3 is 0 Å². The molecular weight excluding hydrogens is 290 g/mol. The van der Waals surface area contributed by atoms with Gasteiger partial charge in [0.2, 0.25) is 0 Å². The van der Waals surface area contributed by atoms with Crippen molar-refractivity contribution in [1.29, 1.82) is 0 Å². The lowest BCUT2D eigenvalue weighted by Crippen LogP contribution is -2.37. The van der Waals surface area contributed by atoms with Crippen LogP contribution in [-0.4, -0.2) is 31.5 Å². The number of nitrogen functional groups attached to an aromatic ring is 1. The first-order valence-corrected chi connectivity index (χ1v) is 7.60. The maximum atomic E-state index is 12.6. The highest BCUT2D eigenvalue weighted by Crippen LogP contribution is 2.40. The molecule has 19 heavy (non-hydrogen) atoms. The van der Waals surface area contributed by atoms with Gasteiger partial charge in [-0.1, -0.05) is 11.6 Å². The van der Waals surface area contributed by atoms with Crippen LogP contribution in [0, 0.1) is 0 Å². The van der Waals surface area contributed by atoms with Crippen molar-refractivity contribution in [1.82, 2.24) is 0 Å². The minimum absolute atomic E-state index is 0.00357. The lowest BCUT2D eigenvalue weighted by molar-refractivity contribution is 0.129. The van der Waals surface area contributed by atoms with Crippen molar-refractivity contribution in [3.8, 4) is 5.75 Å². The molecule has 0 fully saturated rings. The SMILES string of the molecule is CCOCC(C)(C)S(=O)(=O)c1c(Cl)ccc(N)c1O. The molecule has 0 spiro atoms. The van der Waals surface area contributed by atoms with E-state index in [1.54, 1.807) is 6.92 Å². The molecule has 7 heteroatoms. The molecule has 0 heterocycles. The zero-order valence-corrected chi connectivity index (χ0v) is 12.7. The van der Waals surface area contributed by atoms with Crippen molar-refractivity contribution in [2.75, 3.05) is 18.9 Å². The number of ether oxygens (including phenoxy) is 1. The van der Waals surface area contributed by atoms with E-state index in [1.165, 1.54) is 26.0 Å². The number of hydrogen-bond donors (Lipinski definition) is 2. The topological polar surface area (TPSA) is 89.6 Å². The zero-order chi connectivity index (χ0) is 14.8. The molecular formula is C12H18ClNO4S. The van der Waals surface area contributed by atoms with Crippen molar-refractivity contribution >= 4 is 27.1 Å². The molecule has 3 N–H and O–H groups in total. The molecule has 0 saturated heterocycles. The average molecular weight is 308 g/mol. The first-order chi connectivity index (χ1) is 8.65. The van der Waals surface area contributed by atoms with Crippen LogP contribution in [0.5, 0.6) is 5.75 Å². The summed E-state index contributed by atoms with van der Waals surface area (Å²) in [5.41, 5.74) is 5.49. The Hall–Kier alpha value is -0.980. The highest BCUT2D eigenvalue weighted by molar-refractivity contribution is 7.93. The van der Waals surface area contributed by atoms with Crippen LogP contribution in [0.4, 0.5) is 5.69 Å². The first kappa shape index (κ1) is 16.1. The lowest BCUT2D eigenvalue weighted by atomic mass is 10.2. The molecule has 0 aliphatic carbocycles. The monoisotopic (exact) mass is 307 g/mol. The first-order valence-electron chi connectivity index (χ1n) is 5.74. The van der Waals surface area contributed by atoms with E-state index in [4.69, 9.17) is 22.1 Å². The number of rotatable bonds is 5. The number of hydrogen-bond acceptors (Lipinski definition) is 5. The van der Waals surface area contributed by atoms with E-state index in [1.807, 2.05) is 0 Å². The van der Waals surface area contributed by atoms with Gasteiger partial charge in [0.25, 0.3) is 0 Å². The van der Waals surface area contributed by atoms with Crippen LogP contribution in [0.15, 0.2) is 17.0 Å². The zero-order valence-electron chi connectivity index (χ0n) is 11.1. The molecule has 0 aromatic heterocycles. The van der Waals surface area contributed by atoms with E-state index in [2.05, 4.69) is 0 Å². The number of nitrogens with two attached hydrogens (primary N) is 1. The molecule has 0 amide bonds. The van der Waals surface area contributed by atoms with Crippen molar-refractivity contribution in [2.24, 2.45) is 0 Å². The maximum Gasteiger partial charge on any atom is 0.191 e. The Balaban J connectivity index is 3.40. The van der Waals surface area contributed by atoms with Crippen LogP contribution >= 0.6 is 11.6 Å². The molecule has 0 radical (unpaired) electrons. The second-order valence-electron chi connectivity index (χ2n) is 4.71. The van der Waals surface area contributed by atoms with Gasteiger partial charge in [0.15, 0.2) is 15.6 Å². The van der Waals surface area contributed by atoms with Crippen molar-refractivity contribution in [2.45, 2.75) is 30.4 Å². The van der Waals surface area contributed by atoms with E-state index >= 15 is 0 Å². The number of anilines is 1. The molecule has 0 saturated carbocycles. The third-order valence-corrected chi connectivity index (χ3v) is 5.72. The molecule has 1 aromatic carbocycles. The molecule has 5 nitrogen and oxygen atoms in total. The molecule has 0 atom stereocenters. The Labute approximate surface area is 118 Å². The summed E-state index contributed by atoms with van der Waals surface area (Å²) in [5.74, 6) is -0.517. The van der Waals surface area contributed by atoms with Crippen LogP contribution in [0.1, 0.15) is 20.8 Å². The van der Waals surface area contributed by atoms with Gasteiger partial charge in [-0.3, -0.25) is 0 Å². The largest absolute Gasteiger partial charge is 0.504 e. The van der Waals surface area contributed by atoms with E-state index in [-0.39, 0.29) is 22.2 Å². The van der Waals surface area contributed by atoms with E-state index in [0.717, 1.165) is 0 Å². The molecule has 1 aromatic rings. The van der Waals surface area contributed by atoms with E-state index in [9.17, 15) is 13.5 Å². The second kappa shape index (κ2) is 5.56. The summed E-state index contributed by atoms with van der Waals surface area (Å²) < 4.78 is 29.1. The number of phenolic OH excluding ortho intramolecular Hbond substituents is 1. The fourth-order valence-corrected chi connectivity index (χ4v) is 3.46. The van der Waals surface area contributed by atoms with Gasteiger partial charge in [0.05, 0.1) is 22.1 Å². The Morgan fingerprint density at radius 3 is 2.53 bits per heavy atom. The molecule has 1 rings (SSSR count). The van der Waals surface area contributed by atoms with Gasteiger partial charge in [-0.05, 0) is 32.9 Å². The third kappa shape index (κ3) is 2.96. The highest BCUT2D eigenvalue weighted by Gasteiger charge is 2.39. The van der Waals surface area contributed by atoms with Crippen LogP contribution in [0.2, 0.25) is 5.02 Å². The van der Waals surface area contributed by atoms with Crippen molar-refractivity contribution < 1.29 is 18.3 Å². The van der Waals surface area contributed by atoms with Gasteiger partial charge in [-0.15, -0.1) is 0 Å². The summed E-state index contributed by atoms with van der Waals surface area (Å²) in [6, 6.07) is 2.70. The number of aromatic hydroxyl groups is 1. The summed E-state index contributed by atoms with van der Waals surface area (Å²) in [6.07, 6.45) is 0. The summed E-state index contributed by atoms with van der Waals surface area (Å²) in [5, 5.41) is 9.81. The Kier molecular flexibility index (Phi) is 4.71. The van der Waals surface area contributed by atoms with Gasteiger partial charge in [-0.2, -0.15) is 0 Å². The molecule has 0 bridgehead atoms. The molecule has 0 aliphatic rings. The summed E-state index contributed by atoms with van der Waals surface area (Å²) in [7, 11) is -3.88. The third-order valence-electron chi connectivity index (χ3n) is 2.76. The Morgan fingerprint density at radius 1 is 1.42 bits per heavy atom. The predicted molar refractivity (Wildman–Crippen MR) is 75.3 cm³/mol. The summed E-state index contributed by atoms with van der Waals surface area (Å²) in [6.45, 7) is 5.19. The lowest BCUT2D eigenvalue weighted by Gasteiger charge is -2.25. The predicted octanol–water partition coefficient (Wildman–Crippen LogP) is 2.22. The quantitative estimate of drug-likeness (QED) is 0.643. The van der Waals surface area contributed by atoms with Crippen LogP contribution in [0.3, 0.4) is 0 Å². The summed E-state index contributed by atoms with van der Waals surface area (Å²) >= 11 is 5.89.